The van der Waals surface area contributed by atoms with Crippen LogP contribution in [-0.4, -0.2) is 17.1 Å². The largest absolute Gasteiger partial charge is 0.481 e. The Kier molecular flexibility index (Phi) is 3.66. The Morgan fingerprint density at radius 3 is 2.83 bits per heavy atom. The summed E-state index contributed by atoms with van der Waals surface area (Å²) in [4.78, 5) is 7.96. The SMILES string of the molecule is COc1ccnc(NCc2ccc(F)cc2F)n1. The summed E-state index contributed by atoms with van der Waals surface area (Å²) in [5.41, 5.74) is 0.336. The molecule has 6 heteroatoms. The van der Waals surface area contributed by atoms with Crippen LogP contribution >= 0.6 is 0 Å². The van der Waals surface area contributed by atoms with Crippen molar-refractivity contribution in [2.24, 2.45) is 0 Å². The van der Waals surface area contributed by atoms with Crippen LogP contribution in [0.1, 0.15) is 5.56 Å². The average Bonchev–Trinajstić information content (AvgIpc) is 2.38. The van der Waals surface area contributed by atoms with Crippen LogP contribution in [-0.2, 0) is 6.54 Å². The first-order valence-corrected chi connectivity index (χ1v) is 5.24. The molecule has 1 aromatic heterocycles. The van der Waals surface area contributed by atoms with Crippen molar-refractivity contribution in [3.8, 4) is 5.88 Å². The maximum absolute atomic E-state index is 13.4. The zero-order valence-corrected chi connectivity index (χ0v) is 9.65. The quantitative estimate of drug-likeness (QED) is 0.906. The van der Waals surface area contributed by atoms with Crippen molar-refractivity contribution < 1.29 is 13.5 Å². The van der Waals surface area contributed by atoms with E-state index in [1.807, 2.05) is 0 Å². The zero-order chi connectivity index (χ0) is 13.0. The van der Waals surface area contributed by atoms with E-state index in [2.05, 4.69) is 15.3 Å². The third kappa shape index (κ3) is 2.91. The zero-order valence-electron chi connectivity index (χ0n) is 9.65. The summed E-state index contributed by atoms with van der Waals surface area (Å²) >= 11 is 0. The van der Waals surface area contributed by atoms with E-state index >= 15 is 0 Å². The van der Waals surface area contributed by atoms with E-state index in [1.54, 1.807) is 6.07 Å². The van der Waals surface area contributed by atoms with Gasteiger partial charge in [-0.1, -0.05) is 6.07 Å². The van der Waals surface area contributed by atoms with E-state index in [4.69, 9.17) is 4.74 Å². The van der Waals surface area contributed by atoms with E-state index < -0.39 is 11.6 Å². The molecule has 1 aromatic carbocycles. The Labute approximate surface area is 103 Å². The molecule has 0 atom stereocenters. The van der Waals surface area contributed by atoms with Crippen LogP contribution in [0.25, 0.3) is 0 Å². The molecule has 1 heterocycles. The van der Waals surface area contributed by atoms with Gasteiger partial charge in [0.2, 0.25) is 11.8 Å². The molecule has 0 bridgehead atoms. The molecule has 0 saturated heterocycles. The Morgan fingerprint density at radius 1 is 1.28 bits per heavy atom. The van der Waals surface area contributed by atoms with E-state index in [1.165, 1.54) is 25.4 Å². The predicted octanol–water partition coefficient (Wildman–Crippen LogP) is 2.38. The monoisotopic (exact) mass is 251 g/mol. The molecule has 0 amide bonds. The van der Waals surface area contributed by atoms with Gasteiger partial charge in [-0.25, -0.2) is 13.8 Å². The highest BCUT2D eigenvalue weighted by Crippen LogP contribution is 2.12. The van der Waals surface area contributed by atoms with Gasteiger partial charge in [0.05, 0.1) is 7.11 Å². The molecule has 0 fully saturated rings. The molecular formula is C12H11F2N3O. The maximum Gasteiger partial charge on any atom is 0.226 e. The Morgan fingerprint density at radius 2 is 2.11 bits per heavy atom. The van der Waals surface area contributed by atoms with Crippen LogP contribution in [0.4, 0.5) is 14.7 Å². The van der Waals surface area contributed by atoms with Crippen molar-refractivity contribution in [2.75, 3.05) is 12.4 Å². The van der Waals surface area contributed by atoms with Crippen LogP contribution in [0.2, 0.25) is 0 Å². The second-order valence-corrected chi connectivity index (χ2v) is 3.51. The molecule has 2 aromatic rings. The van der Waals surface area contributed by atoms with E-state index in [9.17, 15) is 8.78 Å². The minimum Gasteiger partial charge on any atom is -0.481 e. The summed E-state index contributed by atoms with van der Waals surface area (Å²) in [5, 5.41) is 2.83. The molecule has 94 valence electrons. The van der Waals surface area contributed by atoms with Crippen molar-refractivity contribution in [1.29, 1.82) is 0 Å². The van der Waals surface area contributed by atoms with Gasteiger partial charge < -0.3 is 10.1 Å². The molecule has 0 unspecified atom stereocenters. The molecule has 18 heavy (non-hydrogen) atoms. The van der Waals surface area contributed by atoms with Crippen LogP contribution in [0.15, 0.2) is 30.5 Å². The first-order chi connectivity index (χ1) is 8.69. The van der Waals surface area contributed by atoms with Crippen molar-refractivity contribution in [1.82, 2.24) is 9.97 Å². The second kappa shape index (κ2) is 5.39. The van der Waals surface area contributed by atoms with Gasteiger partial charge in [0, 0.05) is 30.4 Å². The molecule has 2 rings (SSSR count). The lowest BCUT2D eigenvalue weighted by Gasteiger charge is -2.06. The lowest BCUT2D eigenvalue weighted by Crippen LogP contribution is -2.05. The topological polar surface area (TPSA) is 47.0 Å². The van der Waals surface area contributed by atoms with E-state index in [0.29, 0.717) is 17.4 Å². The van der Waals surface area contributed by atoms with Gasteiger partial charge in [0.1, 0.15) is 11.6 Å². The number of aromatic nitrogens is 2. The molecule has 0 aliphatic carbocycles. The van der Waals surface area contributed by atoms with Gasteiger partial charge >= 0.3 is 0 Å². The lowest BCUT2D eigenvalue weighted by atomic mass is 10.2. The number of methoxy groups -OCH3 is 1. The summed E-state index contributed by atoms with van der Waals surface area (Å²) in [6.07, 6.45) is 1.52. The van der Waals surface area contributed by atoms with Gasteiger partial charge in [0.25, 0.3) is 0 Å². The average molecular weight is 251 g/mol. The molecule has 0 aliphatic heterocycles. The number of hydrogen-bond acceptors (Lipinski definition) is 4. The van der Waals surface area contributed by atoms with Crippen LogP contribution in [0.3, 0.4) is 0 Å². The summed E-state index contributed by atoms with van der Waals surface area (Å²) < 4.78 is 31.0. The Balaban J connectivity index is 2.06. The molecule has 0 spiro atoms. The lowest BCUT2D eigenvalue weighted by molar-refractivity contribution is 0.397. The number of benzene rings is 1. The first-order valence-electron chi connectivity index (χ1n) is 5.24. The highest BCUT2D eigenvalue weighted by Gasteiger charge is 2.04. The first kappa shape index (κ1) is 12.2. The third-order valence-corrected chi connectivity index (χ3v) is 2.29. The number of anilines is 1. The van der Waals surface area contributed by atoms with Crippen LogP contribution in [0, 0.1) is 11.6 Å². The Hall–Kier alpha value is -2.24. The third-order valence-electron chi connectivity index (χ3n) is 2.29. The van der Waals surface area contributed by atoms with Crippen LogP contribution < -0.4 is 10.1 Å². The standard InChI is InChI=1S/C12H11F2N3O/c1-18-11-4-5-15-12(17-11)16-7-8-2-3-9(13)6-10(8)14/h2-6H,7H2,1H3,(H,15,16,17). The molecule has 1 N–H and O–H groups in total. The van der Waals surface area contributed by atoms with Gasteiger partial charge in [-0.05, 0) is 6.07 Å². The smallest absolute Gasteiger partial charge is 0.226 e. The molecular weight excluding hydrogens is 240 g/mol. The van der Waals surface area contributed by atoms with Gasteiger partial charge in [-0.2, -0.15) is 4.98 Å². The number of nitrogens with one attached hydrogen (secondary N) is 1. The summed E-state index contributed by atoms with van der Waals surface area (Å²) in [6.45, 7) is 0.166. The minimum atomic E-state index is -0.606. The van der Waals surface area contributed by atoms with Gasteiger partial charge in [0.15, 0.2) is 0 Å². The van der Waals surface area contributed by atoms with Crippen molar-refractivity contribution in [2.45, 2.75) is 6.54 Å². The molecule has 0 aliphatic rings. The molecule has 0 radical (unpaired) electrons. The number of rotatable bonds is 4. The van der Waals surface area contributed by atoms with Crippen molar-refractivity contribution in [3.05, 3.63) is 47.7 Å². The normalized spacial score (nSPS) is 10.2. The van der Waals surface area contributed by atoms with Crippen LogP contribution in [0.5, 0.6) is 5.88 Å². The molecule has 4 nitrogen and oxygen atoms in total. The fourth-order valence-electron chi connectivity index (χ4n) is 1.38. The summed E-state index contributed by atoms with van der Waals surface area (Å²) in [6, 6.07) is 5.01. The van der Waals surface area contributed by atoms with E-state index in [0.717, 1.165) is 6.07 Å². The number of hydrogen-bond donors (Lipinski definition) is 1. The highest BCUT2D eigenvalue weighted by atomic mass is 19.1. The van der Waals surface area contributed by atoms with E-state index in [-0.39, 0.29) is 6.54 Å². The fraction of sp³-hybridized carbons (Fsp3) is 0.167. The number of nitrogens with zero attached hydrogens (tertiary/aromatic N) is 2. The predicted molar refractivity (Wildman–Crippen MR) is 62.3 cm³/mol. The maximum atomic E-state index is 13.4. The summed E-state index contributed by atoms with van der Waals surface area (Å²) in [5.74, 6) is -0.482. The molecule has 0 saturated carbocycles. The summed E-state index contributed by atoms with van der Waals surface area (Å²) in [7, 11) is 1.49. The van der Waals surface area contributed by atoms with Crippen molar-refractivity contribution in [3.63, 3.8) is 0 Å². The number of halogens is 2. The fourth-order valence-corrected chi connectivity index (χ4v) is 1.38. The number of ether oxygens (including phenoxy) is 1. The van der Waals surface area contributed by atoms with Crippen molar-refractivity contribution >= 4 is 5.95 Å². The van der Waals surface area contributed by atoms with Gasteiger partial charge in [-0.3, -0.25) is 0 Å². The van der Waals surface area contributed by atoms with Gasteiger partial charge in [-0.15, -0.1) is 0 Å². The second-order valence-electron chi connectivity index (χ2n) is 3.51. The Bertz CT molecular complexity index is 549. The highest BCUT2D eigenvalue weighted by molar-refractivity contribution is 5.30. The minimum absolute atomic E-state index is 0.166.